The molecule has 0 aliphatic heterocycles. The van der Waals surface area contributed by atoms with Crippen LogP contribution in [0.2, 0.25) is 0 Å². The zero-order chi connectivity index (χ0) is 24.0. The minimum atomic E-state index is -0.988. The SMILES string of the molecule is CCC(C(=O)O)N(C)C(=O)C12CC(NC(=O)OCC3c4ccccc4-c4ccccc43)CC1C2. The second kappa shape index (κ2) is 8.46. The third kappa shape index (κ3) is 3.63. The minimum Gasteiger partial charge on any atom is -0.480 e. The first-order chi connectivity index (χ1) is 16.4. The highest BCUT2D eigenvalue weighted by Gasteiger charge is 2.66. The number of nitrogens with zero attached hydrogens (tertiary/aromatic N) is 1. The number of fused-ring (bicyclic) bond motifs is 4. The summed E-state index contributed by atoms with van der Waals surface area (Å²) in [5.74, 6) is -0.923. The van der Waals surface area contributed by atoms with Gasteiger partial charge >= 0.3 is 12.1 Å². The molecule has 0 bridgehead atoms. The van der Waals surface area contributed by atoms with E-state index in [9.17, 15) is 19.5 Å². The second-order valence-electron chi connectivity index (χ2n) is 9.84. The van der Waals surface area contributed by atoms with Gasteiger partial charge in [0.15, 0.2) is 0 Å². The molecule has 2 saturated carbocycles. The zero-order valence-electron chi connectivity index (χ0n) is 19.5. The van der Waals surface area contributed by atoms with Gasteiger partial charge in [-0.3, -0.25) is 4.79 Å². The predicted octanol–water partition coefficient (Wildman–Crippen LogP) is 4.02. The van der Waals surface area contributed by atoms with Crippen molar-refractivity contribution in [1.82, 2.24) is 10.2 Å². The van der Waals surface area contributed by atoms with Gasteiger partial charge in [0.1, 0.15) is 12.6 Å². The smallest absolute Gasteiger partial charge is 0.407 e. The van der Waals surface area contributed by atoms with E-state index in [1.54, 1.807) is 14.0 Å². The van der Waals surface area contributed by atoms with Crippen molar-refractivity contribution in [2.45, 2.75) is 50.6 Å². The summed E-state index contributed by atoms with van der Waals surface area (Å²) in [4.78, 5) is 38.6. The molecule has 7 nitrogen and oxygen atoms in total. The summed E-state index contributed by atoms with van der Waals surface area (Å²) in [7, 11) is 1.57. The topological polar surface area (TPSA) is 95.9 Å². The molecule has 2 fully saturated rings. The maximum atomic E-state index is 13.1. The molecular weight excluding hydrogens is 432 g/mol. The molecule has 5 rings (SSSR count). The van der Waals surface area contributed by atoms with E-state index in [0.29, 0.717) is 19.3 Å². The van der Waals surface area contributed by atoms with Crippen molar-refractivity contribution in [3.8, 4) is 11.1 Å². The van der Waals surface area contributed by atoms with Crippen LogP contribution in [0.4, 0.5) is 4.79 Å². The van der Waals surface area contributed by atoms with Crippen molar-refractivity contribution in [2.24, 2.45) is 11.3 Å². The van der Waals surface area contributed by atoms with Crippen molar-refractivity contribution in [2.75, 3.05) is 13.7 Å². The fourth-order valence-corrected chi connectivity index (χ4v) is 6.18. The van der Waals surface area contributed by atoms with Crippen molar-refractivity contribution in [3.05, 3.63) is 59.7 Å². The van der Waals surface area contributed by atoms with Gasteiger partial charge in [0.2, 0.25) is 5.91 Å². The van der Waals surface area contributed by atoms with E-state index in [0.717, 1.165) is 17.5 Å². The maximum Gasteiger partial charge on any atom is 0.407 e. The Kier molecular flexibility index (Phi) is 5.58. The summed E-state index contributed by atoms with van der Waals surface area (Å²) in [6.45, 7) is 2.01. The number of hydrogen-bond donors (Lipinski definition) is 2. The summed E-state index contributed by atoms with van der Waals surface area (Å²) in [5.41, 5.74) is 4.14. The molecule has 2 aromatic rings. The third-order valence-electron chi connectivity index (χ3n) is 7.96. The Bertz CT molecular complexity index is 1100. The molecule has 7 heteroatoms. The van der Waals surface area contributed by atoms with Crippen molar-refractivity contribution in [3.63, 3.8) is 0 Å². The number of carbonyl (C=O) groups excluding carboxylic acids is 2. The van der Waals surface area contributed by atoms with Crippen molar-refractivity contribution >= 4 is 18.0 Å². The number of carbonyl (C=O) groups is 3. The summed E-state index contributed by atoms with van der Waals surface area (Å²) >= 11 is 0. The summed E-state index contributed by atoms with van der Waals surface area (Å²) in [6, 6.07) is 15.4. The third-order valence-corrected chi connectivity index (χ3v) is 7.96. The average Bonchev–Trinajstić information content (AvgIpc) is 3.25. The lowest BCUT2D eigenvalue weighted by Crippen LogP contribution is -2.46. The number of nitrogens with one attached hydrogen (secondary N) is 1. The monoisotopic (exact) mass is 462 g/mol. The summed E-state index contributed by atoms with van der Waals surface area (Å²) in [6.07, 6.45) is 1.89. The Hall–Kier alpha value is -3.35. The average molecular weight is 463 g/mol. The highest BCUT2D eigenvalue weighted by Crippen LogP contribution is 2.64. The van der Waals surface area contributed by atoms with Crippen molar-refractivity contribution < 1.29 is 24.2 Å². The number of alkyl carbamates (subject to hydrolysis) is 1. The Morgan fingerprint density at radius 1 is 1.09 bits per heavy atom. The standard InChI is InChI=1S/C27H30N2O5/c1-3-23(24(30)31)29(2)25(32)27-13-16(27)12-17(14-27)28-26(33)34-15-22-20-10-6-4-8-18(20)19-9-5-7-11-21(19)22/h4-11,16-17,22-23H,3,12-15H2,1-2H3,(H,28,33)(H,30,31). The first kappa shape index (κ1) is 22.4. The largest absolute Gasteiger partial charge is 0.480 e. The molecule has 4 atom stereocenters. The van der Waals surface area contributed by atoms with Crippen LogP contribution < -0.4 is 5.32 Å². The van der Waals surface area contributed by atoms with E-state index in [1.165, 1.54) is 16.0 Å². The Morgan fingerprint density at radius 2 is 1.71 bits per heavy atom. The second-order valence-corrected chi connectivity index (χ2v) is 9.84. The lowest BCUT2D eigenvalue weighted by molar-refractivity contribution is -0.151. The van der Waals surface area contributed by atoms with Crippen LogP contribution in [0.1, 0.15) is 49.7 Å². The molecule has 0 heterocycles. The summed E-state index contributed by atoms with van der Waals surface area (Å²) < 4.78 is 5.66. The van der Waals surface area contributed by atoms with Crippen LogP contribution in [0.3, 0.4) is 0 Å². The molecule has 2 N–H and O–H groups in total. The Balaban J connectivity index is 1.19. The molecular formula is C27H30N2O5. The summed E-state index contributed by atoms with van der Waals surface area (Å²) in [5, 5.41) is 12.4. The molecule has 0 aromatic heterocycles. The highest BCUT2D eigenvalue weighted by atomic mass is 16.5. The van der Waals surface area contributed by atoms with E-state index in [-0.39, 0.29) is 30.4 Å². The van der Waals surface area contributed by atoms with Crippen LogP contribution in [0.25, 0.3) is 11.1 Å². The van der Waals surface area contributed by atoms with Crippen LogP contribution in [0.15, 0.2) is 48.5 Å². The first-order valence-electron chi connectivity index (χ1n) is 12.0. The number of amides is 2. The highest BCUT2D eigenvalue weighted by molar-refractivity contribution is 5.90. The fourth-order valence-electron chi connectivity index (χ4n) is 6.18. The lowest BCUT2D eigenvalue weighted by atomic mass is 9.98. The molecule has 3 aliphatic rings. The molecule has 0 saturated heterocycles. The van der Waals surface area contributed by atoms with E-state index in [4.69, 9.17) is 4.74 Å². The number of carboxylic acid groups (broad SMARTS) is 1. The van der Waals surface area contributed by atoms with Crippen LogP contribution in [0, 0.1) is 11.3 Å². The molecule has 3 aliphatic carbocycles. The van der Waals surface area contributed by atoms with Crippen LogP contribution in [-0.4, -0.2) is 53.7 Å². The van der Waals surface area contributed by atoms with Gasteiger partial charge in [-0.25, -0.2) is 9.59 Å². The quantitative estimate of drug-likeness (QED) is 0.648. The lowest BCUT2D eigenvalue weighted by Gasteiger charge is -2.28. The molecule has 0 spiro atoms. The maximum absolute atomic E-state index is 13.1. The Labute approximate surface area is 199 Å². The van der Waals surface area contributed by atoms with Gasteiger partial charge < -0.3 is 20.1 Å². The molecule has 34 heavy (non-hydrogen) atoms. The molecule has 4 unspecified atom stereocenters. The number of aliphatic carboxylic acids is 1. The number of carboxylic acids is 1. The molecule has 178 valence electrons. The van der Waals surface area contributed by atoms with E-state index in [2.05, 4.69) is 29.6 Å². The minimum absolute atomic E-state index is 0.00121. The van der Waals surface area contributed by atoms with Gasteiger partial charge in [0, 0.05) is 19.0 Å². The van der Waals surface area contributed by atoms with Gasteiger partial charge in [-0.15, -0.1) is 0 Å². The van der Waals surface area contributed by atoms with Crippen LogP contribution >= 0.6 is 0 Å². The molecule has 2 aromatic carbocycles. The van der Waals surface area contributed by atoms with E-state index < -0.39 is 23.5 Å². The van der Waals surface area contributed by atoms with Gasteiger partial charge in [0.05, 0.1) is 5.41 Å². The number of likely N-dealkylation sites (N-methyl/N-ethyl adjacent to an activating group) is 1. The van der Waals surface area contributed by atoms with Gasteiger partial charge in [0.25, 0.3) is 0 Å². The number of benzene rings is 2. The van der Waals surface area contributed by atoms with Crippen LogP contribution in [-0.2, 0) is 14.3 Å². The predicted molar refractivity (Wildman–Crippen MR) is 126 cm³/mol. The van der Waals surface area contributed by atoms with Gasteiger partial charge in [-0.2, -0.15) is 0 Å². The molecule has 0 radical (unpaired) electrons. The van der Waals surface area contributed by atoms with Crippen molar-refractivity contribution in [1.29, 1.82) is 0 Å². The fraction of sp³-hybridized carbons (Fsp3) is 0.444. The number of hydrogen-bond acceptors (Lipinski definition) is 4. The van der Waals surface area contributed by atoms with Gasteiger partial charge in [-0.05, 0) is 53.9 Å². The normalized spacial score (nSPS) is 25.0. The molecule has 2 amide bonds. The first-order valence-corrected chi connectivity index (χ1v) is 12.0. The van der Waals surface area contributed by atoms with E-state index in [1.807, 2.05) is 24.3 Å². The number of ether oxygens (including phenoxy) is 1. The Morgan fingerprint density at radius 3 is 2.29 bits per heavy atom. The van der Waals surface area contributed by atoms with E-state index >= 15 is 0 Å². The van der Waals surface area contributed by atoms with Gasteiger partial charge in [-0.1, -0.05) is 55.5 Å². The van der Waals surface area contributed by atoms with Crippen LogP contribution in [0.5, 0.6) is 0 Å². The number of rotatable bonds is 7. The zero-order valence-corrected chi connectivity index (χ0v) is 19.5.